The number of aromatic nitrogens is 2. The van der Waals surface area contributed by atoms with Gasteiger partial charge in [-0.1, -0.05) is 13.8 Å². The molecule has 0 aromatic carbocycles. The summed E-state index contributed by atoms with van der Waals surface area (Å²) in [6.45, 7) is 2.27. The minimum atomic E-state index is -2.29. The molecule has 3 heteroatoms. The molecule has 7 atom stereocenters. The van der Waals surface area contributed by atoms with E-state index in [0.29, 0.717) is 30.1 Å². The lowest BCUT2D eigenvalue weighted by molar-refractivity contribution is -0.139. The highest BCUT2D eigenvalue weighted by Gasteiger charge is 2.63. The maximum absolute atomic E-state index is 11.3. The van der Waals surface area contributed by atoms with Crippen molar-refractivity contribution in [3.8, 4) is 0 Å². The van der Waals surface area contributed by atoms with E-state index >= 15 is 0 Å². The third-order valence-corrected chi connectivity index (χ3v) is 9.05. The minimum absolute atomic E-state index is 0.280. The Labute approximate surface area is 149 Å². The fourth-order valence-electron chi connectivity index (χ4n) is 7.49. The van der Waals surface area contributed by atoms with Crippen LogP contribution in [0.4, 0.5) is 0 Å². The Balaban J connectivity index is 1.49. The van der Waals surface area contributed by atoms with Gasteiger partial charge < -0.3 is 5.11 Å². The molecule has 4 aliphatic carbocycles. The molecule has 132 valence electrons. The van der Waals surface area contributed by atoms with Crippen molar-refractivity contribution in [2.24, 2.45) is 34.5 Å². The van der Waals surface area contributed by atoms with Gasteiger partial charge in [-0.15, -0.1) is 0 Å². The summed E-state index contributed by atoms with van der Waals surface area (Å²) in [6, 6.07) is 0. The van der Waals surface area contributed by atoms with E-state index in [1.807, 2.05) is 6.20 Å². The molecule has 1 aromatic rings. The van der Waals surface area contributed by atoms with Gasteiger partial charge in [0.05, 0.1) is 11.8 Å². The lowest BCUT2D eigenvalue weighted by Crippen LogP contribution is -2.56. The van der Waals surface area contributed by atoms with Crippen LogP contribution >= 0.6 is 0 Å². The first-order valence-corrected chi connectivity index (χ1v) is 9.84. The summed E-state index contributed by atoms with van der Waals surface area (Å²) in [4.78, 5) is 0. The van der Waals surface area contributed by atoms with Crippen molar-refractivity contribution in [3.05, 3.63) is 17.5 Å². The average Bonchev–Trinajstić information content (AvgIpc) is 3.14. The van der Waals surface area contributed by atoms with Crippen LogP contribution < -0.4 is 0 Å². The molecule has 0 radical (unpaired) electrons. The maximum Gasteiger partial charge on any atom is 0.0675 e. The third kappa shape index (κ3) is 1.75. The lowest BCUT2D eigenvalue weighted by atomic mass is 9.44. The van der Waals surface area contributed by atoms with Crippen molar-refractivity contribution in [3.63, 3.8) is 0 Å². The first-order valence-electron chi connectivity index (χ1n) is 11.3. The zero-order chi connectivity index (χ0) is 19.2. The fourth-order valence-corrected chi connectivity index (χ4v) is 7.49. The van der Waals surface area contributed by atoms with Crippen LogP contribution in [0.2, 0.25) is 0 Å². The monoisotopic (exact) mass is 331 g/mol. The van der Waals surface area contributed by atoms with Crippen LogP contribution in [-0.4, -0.2) is 20.9 Å². The molecule has 5 rings (SSSR count). The van der Waals surface area contributed by atoms with Crippen LogP contribution in [0, 0.1) is 34.5 Å². The molecule has 4 aliphatic rings. The van der Waals surface area contributed by atoms with Crippen molar-refractivity contribution in [1.29, 1.82) is 0 Å². The van der Waals surface area contributed by atoms with Crippen molar-refractivity contribution in [2.45, 2.75) is 77.7 Å². The predicted molar refractivity (Wildman–Crippen MR) is 94.5 cm³/mol. The Kier molecular flexibility index (Phi) is 2.43. The molecule has 0 saturated heterocycles. The van der Waals surface area contributed by atoms with Gasteiger partial charge in [0.1, 0.15) is 0 Å². The Morgan fingerprint density at radius 2 is 2.04 bits per heavy atom. The van der Waals surface area contributed by atoms with E-state index in [4.69, 9.17) is 4.11 Å². The standard InChI is InChI=1S/C21H32N2O/c1-19-11-13-12-22-23-18(13)10-14(19)4-5-15-16(19)6-8-20(2)17(15)7-9-21(20,3)24/h12,14-17,24H,4-11H2,1-3H3,(H,22,23)/t14-,15?,16?,17?,19-,20-,21-/m0/s1/i3D3. The molecule has 3 unspecified atom stereocenters. The maximum atomic E-state index is 11.3. The quantitative estimate of drug-likeness (QED) is 0.751. The molecule has 0 amide bonds. The van der Waals surface area contributed by atoms with Crippen LogP contribution in [0.25, 0.3) is 0 Å². The molecule has 3 saturated carbocycles. The number of hydrogen-bond acceptors (Lipinski definition) is 2. The van der Waals surface area contributed by atoms with Gasteiger partial charge in [-0.05, 0) is 98.3 Å². The molecule has 2 N–H and O–H groups in total. The topological polar surface area (TPSA) is 48.9 Å². The second kappa shape index (κ2) is 4.66. The van der Waals surface area contributed by atoms with Gasteiger partial charge in [-0.25, -0.2) is 0 Å². The van der Waals surface area contributed by atoms with Crippen molar-refractivity contribution < 1.29 is 9.22 Å². The summed E-state index contributed by atoms with van der Waals surface area (Å²) >= 11 is 0. The van der Waals surface area contributed by atoms with Crippen LogP contribution in [0.1, 0.15) is 74.6 Å². The molecule has 3 fully saturated rings. The fraction of sp³-hybridized carbons (Fsp3) is 0.857. The Hall–Kier alpha value is -0.830. The smallest absolute Gasteiger partial charge is 0.0675 e. The van der Waals surface area contributed by atoms with Crippen molar-refractivity contribution in [1.82, 2.24) is 10.2 Å². The summed E-state index contributed by atoms with van der Waals surface area (Å²) in [5.74, 6) is 2.22. The molecule has 0 bridgehead atoms. The molecule has 24 heavy (non-hydrogen) atoms. The molecule has 3 nitrogen and oxygen atoms in total. The predicted octanol–water partition coefficient (Wildman–Crippen LogP) is 4.12. The zero-order valence-corrected chi connectivity index (χ0v) is 14.9. The van der Waals surface area contributed by atoms with Crippen molar-refractivity contribution in [2.75, 3.05) is 0 Å². The van der Waals surface area contributed by atoms with Gasteiger partial charge in [0.2, 0.25) is 0 Å². The van der Waals surface area contributed by atoms with E-state index in [9.17, 15) is 5.11 Å². The number of aliphatic hydroxyl groups is 1. The Morgan fingerprint density at radius 1 is 1.21 bits per heavy atom. The van der Waals surface area contributed by atoms with E-state index in [-0.39, 0.29) is 5.41 Å². The van der Waals surface area contributed by atoms with Crippen LogP contribution in [0.5, 0.6) is 0 Å². The van der Waals surface area contributed by atoms with Gasteiger partial charge in [-0.3, -0.25) is 5.10 Å². The summed E-state index contributed by atoms with van der Waals surface area (Å²) in [6.07, 6.45) is 9.81. The van der Waals surface area contributed by atoms with Crippen LogP contribution in [0.3, 0.4) is 0 Å². The van der Waals surface area contributed by atoms with Crippen molar-refractivity contribution >= 4 is 0 Å². The number of nitrogens with one attached hydrogen (secondary N) is 1. The third-order valence-electron chi connectivity index (χ3n) is 9.05. The Bertz CT molecular complexity index is 761. The summed E-state index contributed by atoms with van der Waals surface area (Å²) in [7, 11) is 0. The first kappa shape index (κ1) is 12.5. The summed E-state index contributed by atoms with van der Waals surface area (Å²) in [5.41, 5.74) is 1.000. The number of rotatable bonds is 0. The number of aromatic amines is 1. The molecule has 0 spiro atoms. The van der Waals surface area contributed by atoms with E-state index in [0.717, 1.165) is 32.1 Å². The molecule has 1 heterocycles. The summed E-state index contributed by atoms with van der Waals surface area (Å²) < 4.78 is 24.1. The van der Waals surface area contributed by atoms with E-state index in [2.05, 4.69) is 24.0 Å². The number of hydrogen-bond donors (Lipinski definition) is 2. The van der Waals surface area contributed by atoms with Gasteiger partial charge in [-0.2, -0.15) is 5.10 Å². The molecular formula is C21H32N2O. The SMILES string of the molecule is [2H]C([2H])([2H])[C@]1(O)CCC2C3CC[C@H]4Cc5[nH]ncc5C[C@]4(C)C3CC[C@@]21C. The largest absolute Gasteiger partial charge is 0.390 e. The van der Waals surface area contributed by atoms with E-state index < -0.39 is 17.9 Å². The average molecular weight is 332 g/mol. The van der Waals surface area contributed by atoms with Crippen LogP contribution in [0.15, 0.2) is 6.20 Å². The highest BCUT2D eigenvalue weighted by Crippen LogP contribution is 2.67. The zero-order valence-electron chi connectivity index (χ0n) is 17.9. The van der Waals surface area contributed by atoms with Gasteiger partial charge >= 0.3 is 0 Å². The van der Waals surface area contributed by atoms with E-state index in [1.54, 1.807) is 0 Å². The molecule has 1 aromatic heterocycles. The van der Waals surface area contributed by atoms with Gasteiger partial charge in [0.15, 0.2) is 0 Å². The first-order chi connectivity index (χ1) is 12.6. The van der Waals surface area contributed by atoms with E-state index in [1.165, 1.54) is 24.1 Å². The highest BCUT2D eigenvalue weighted by atomic mass is 16.3. The van der Waals surface area contributed by atoms with Gasteiger partial charge in [0.25, 0.3) is 0 Å². The second-order valence-electron chi connectivity index (χ2n) is 9.77. The second-order valence-corrected chi connectivity index (χ2v) is 9.77. The molecular weight excluding hydrogens is 296 g/mol. The highest BCUT2D eigenvalue weighted by molar-refractivity contribution is 5.26. The number of H-pyrrole nitrogens is 1. The summed E-state index contributed by atoms with van der Waals surface area (Å²) in [5, 5.41) is 18.8. The minimum Gasteiger partial charge on any atom is -0.390 e. The lowest BCUT2D eigenvalue weighted by Gasteiger charge is -2.60. The number of nitrogens with zero attached hydrogens (tertiary/aromatic N) is 1. The number of fused-ring (bicyclic) bond motifs is 6. The van der Waals surface area contributed by atoms with Crippen LogP contribution in [-0.2, 0) is 12.8 Å². The normalized spacial score (nSPS) is 55.4. The van der Waals surface area contributed by atoms with Gasteiger partial charge in [0, 0.05) is 9.81 Å². The molecule has 0 aliphatic heterocycles. The Morgan fingerprint density at radius 3 is 2.88 bits per heavy atom.